The van der Waals surface area contributed by atoms with E-state index < -0.39 is 5.97 Å². The quantitative estimate of drug-likeness (QED) is 0.407. The molecular formula is C22H21N3O3S2. The number of nitrogens with zero attached hydrogens (tertiary/aromatic N) is 2. The largest absolute Gasteiger partial charge is 0.462 e. The number of imidazole rings is 1. The van der Waals surface area contributed by atoms with Crippen LogP contribution < -0.4 is 5.32 Å². The Hall–Kier alpha value is -2.97. The Morgan fingerprint density at radius 2 is 1.90 bits per heavy atom. The van der Waals surface area contributed by atoms with Crippen LogP contribution in [0.3, 0.4) is 0 Å². The molecule has 0 fully saturated rings. The minimum atomic E-state index is -0.453. The van der Waals surface area contributed by atoms with E-state index in [0.717, 1.165) is 28.2 Å². The highest BCUT2D eigenvalue weighted by Gasteiger charge is 2.24. The van der Waals surface area contributed by atoms with Crippen LogP contribution in [0, 0.1) is 6.92 Å². The average molecular weight is 440 g/mol. The SMILES string of the molecule is CCOC(=O)c1c(-c2ccc(CC)cc2)csc1NC(=O)c1cn2c(C)csc2n1. The van der Waals surface area contributed by atoms with Crippen molar-refractivity contribution in [3.05, 3.63) is 63.7 Å². The van der Waals surface area contributed by atoms with Crippen LogP contribution in [0.4, 0.5) is 5.00 Å². The smallest absolute Gasteiger partial charge is 0.341 e. The molecule has 0 atom stereocenters. The summed E-state index contributed by atoms with van der Waals surface area (Å²) >= 11 is 2.78. The first-order chi connectivity index (χ1) is 14.5. The number of ether oxygens (including phenoxy) is 1. The number of carbonyl (C=O) groups is 2. The number of benzene rings is 1. The highest BCUT2D eigenvalue weighted by atomic mass is 32.1. The summed E-state index contributed by atoms with van der Waals surface area (Å²) < 4.78 is 7.15. The predicted molar refractivity (Wildman–Crippen MR) is 121 cm³/mol. The number of aromatic nitrogens is 2. The van der Waals surface area contributed by atoms with Crippen LogP contribution in [0.1, 0.15) is 46.0 Å². The molecule has 30 heavy (non-hydrogen) atoms. The minimum Gasteiger partial charge on any atom is -0.462 e. The molecule has 0 spiro atoms. The molecule has 4 aromatic rings. The van der Waals surface area contributed by atoms with Crippen molar-refractivity contribution >= 4 is 44.5 Å². The molecule has 0 unspecified atom stereocenters. The van der Waals surface area contributed by atoms with Gasteiger partial charge in [0.25, 0.3) is 5.91 Å². The van der Waals surface area contributed by atoms with E-state index in [1.165, 1.54) is 28.2 Å². The molecule has 0 radical (unpaired) electrons. The number of nitrogens with one attached hydrogen (secondary N) is 1. The molecule has 0 aliphatic carbocycles. The summed E-state index contributed by atoms with van der Waals surface area (Å²) in [5.41, 5.74) is 4.57. The number of thiazole rings is 1. The lowest BCUT2D eigenvalue weighted by molar-refractivity contribution is 0.0529. The van der Waals surface area contributed by atoms with Crippen molar-refractivity contribution in [3.63, 3.8) is 0 Å². The third kappa shape index (κ3) is 3.76. The maximum Gasteiger partial charge on any atom is 0.341 e. The number of fused-ring (bicyclic) bond motifs is 1. The van der Waals surface area contributed by atoms with Gasteiger partial charge in [-0.2, -0.15) is 0 Å². The van der Waals surface area contributed by atoms with Gasteiger partial charge in [0.05, 0.1) is 6.61 Å². The fourth-order valence-electron chi connectivity index (χ4n) is 3.16. The Bertz CT molecular complexity index is 1220. The number of aryl methyl sites for hydroxylation is 2. The molecule has 3 heterocycles. The molecule has 4 rings (SSSR count). The van der Waals surface area contributed by atoms with Gasteiger partial charge in [0.15, 0.2) is 4.96 Å². The molecule has 0 aliphatic rings. The van der Waals surface area contributed by atoms with Crippen LogP contribution in [0.2, 0.25) is 0 Å². The fourth-order valence-corrected chi connectivity index (χ4v) is 4.96. The normalized spacial score (nSPS) is 11.0. The molecule has 154 valence electrons. The third-order valence-corrected chi connectivity index (χ3v) is 6.65. The molecule has 6 nitrogen and oxygen atoms in total. The lowest BCUT2D eigenvalue weighted by atomic mass is 10.0. The van der Waals surface area contributed by atoms with Crippen molar-refractivity contribution in [1.29, 1.82) is 0 Å². The van der Waals surface area contributed by atoms with Crippen LogP contribution >= 0.6 is 22.7 Å². The van der Waals surface area contributed by atoms with Gasteiger partial charge in [-0.05, 0) is 31.4 Å². The van der Waals surface area contributed by atoms with Gasteiger partial charge in [-0.15, -0.1) is 22.7 Å². The number of thiophene rings is 1. The molecule has 0 bridgehead atoms. The second kappa shape index (κ2) is 8.41. The maximum atomic E-state index is 12.8. The van der Waals surface area contributed by atoms with Gasteiger partial charge >= 0.3 is 5.97 Å². The van der Waals surface area contributed by atoms with E-state index in [9.17, 15) is 9.59 Å². The Kier molecular flexibility index (Phi) is 5.69. The van der Waals surface area contributed by atoms with Crippen LogP contribution in [0.15, 0.2) is 41.2 Å². The second-order valence-corrected chi connectivity index (χ2v) is 8.45. The van der Waals surface area contributed by atoms with Gasteiger partial charge in [0, 0.05) is 28.2 Å². The molecule has 3 aromatic heterocycles. The van der Waals surface area contributed by atoms with Crippen molar-refractivity contribution < 1.29 is 14.3 Å². The Labute approximate surface area is 182 Å². The first-order valence-electron chi connectivity index (χ1n) is 9.64. The number of amides is 1. The molecule has 1 N–H and O–H groups in total. The Morgan fingerprint density at radius 3 is 2.57 bits per heavy atom. The maximum absolute atomic E-state index is 12.8. The van der Waals surface area contributed by atoms with Gasteiger partial charge in [-0.3, -0.25) is 9.20 Å². The molecule has 8 heteroatoms. The number of hydrogen-bond donors (Lipinski definition) is 1. The lowest BCUT2D eigenvalue weighted by Crippen LogP contribution is -2.15. The zero-order chi connectivity index (χ0) is 21.3. The summed E-state index contributed by atoms with van der Waals surface area (Å²) in [5, 5.41) is 7.17. The fraction of sp³-hybridized carbons (Fsp3) is 0.227. The molecule has 0 saturated heterocycles. The average Bonchev–Trinajstić information content (AvgIpc) is 3.44. The number of anilines is 1. The Balaban J connectivity index is 1.68. The molecule has 0 saturated carbocycles. The van der Waals surface area contributed by atoms with Crippen molar-refractivity contribution in [2.75, 3.05) is 11.9 Å². The number of esters is 1. The first-order valence-corrected chi connectivity index (χ1v) is 11.4. The van der Waals surface area contributed by atoms with E-state index in [0.29, 0.717) is 16.3 Å². The molecule has 1 aromatic carbocycles. The summed E-state index contributed by atoms with van der Waals surface area (Å²) in [7, 11) is 0. The van der Waals surface area contributed by atoms with Gasteiger partial charge in [0.1, 0.15) is 16.3 Å². The second-order valence-electron chi connectivity index (χ2n) is 6.73. The zero-order valence-electron chi connectivity index (χ0n) is 16.9. The highest BCUT2D eigenvalue weighted by Crippen LogP contribution is 2.36. The summed E-state index contributed by atoms with van der Waals surface area (Å²) in [6.07, 6.45) is 2.65. The molecular weight excluding hydrogens is 418 g/mol. The third-order valence-electron chi connectivity index (χ3n) is 4.79. The number of hydrogen-bond acceptors (Lipinski definition) is 6. The summed E-state index contributed by atoms with van der Waals surface area (Å²) in [4.78, 5) is 30.7. The predicted octanol–water partition coefficient (Wildman–Crippen LogP) is 5.42. The van der Waals surface area contributed by atoms with Crippen LogP contribution in [0.25, 0.3) is 16.1 Å². The van der Waals surface area contributed by atoms with E-state index in [4.69, 9.17) is 4.74 Å². The summed E-state index contributed by atoms with van der Waals surface area (Å²) in [6.45, 7) is 6.07. The van der Waals surface area contributed by atoms with Crippen molar-refractivity contribution in [1.82, 2.24) is 9.38 Å². The monoisotopic (exact) mass is 439 g/mol. The number of rotatable bonds is 6. The lowest BCUT2D eigenvalue weighted by Gasteiger charge is -2.08. The van der Waals surface area contributed by atoms with E-state index >= 15 is 0 Å². The minimum absolute atomic E-state index is 0.257. The topological polar surface area (TPSA) is 72.7 Å². The molecule has 1 amide bonds. The Morgan fingerprint density at radius 1 is 1.13 bits per heavy atom. The molecule has 0 aliphatic heterocycles. The zero-order valence-corrected chi connectivity index (χ0v) is 18.5. The van der Waals surface area contributed by atoms with Crippen LogP contribution in [-0.2, 0) is 11.2 Å². The van der Waals surface area contributed by atoms with Gasteiger partial charge in [-0.1, -0.05) is 31.2 Å². The van der Waals surface area contributed by atoms with E-state index in [2.05, 4.69) is 17.2 Å². The van der Waals surface area contributed by atoms with Gasteiger partial charge in [0.2, 0.25) is 0 Å². The van der Waals surface area contributed by atoms with Gasteiger partial charge in [-0.25, -0.2) is 9.78 Å². The standard InChI is InChI=1S/C22H21N3O3S2/c1-4-14-6-8-15(9-7-14)16-12-29-20(18(16)21(27)28-5-2)24-19(26)17-10-25-13(3)11-30-22(25)23-17/h6-12H,4-5H2,1-3H3,(H,24,26). The van der Waals surface area contributed by atoms with Crippen molar-refractivity contribution in [2.24, 2.45) is 0 Å². The van der Waals surface area contributed by atoms with E-state index in [1.54, 1.807) is 13.1 Å². The van der Waals surface area contributed by atoms with Crippen molar-refractivity contribution in [2.45, 2.75) is 27.2 Å². The first kappa shape index (κ1) is 20.3. The number of carbonyl (C=O) groups excluding carboxylic acids is 2. The van der Waals surface area contributed by atoms with Crippen LogP contribution in [-0.4, -0.2) is 27.9 Å². The van der Waals surface area contributed by atoms with Gasteiger partial charge < -0.3 is 10.1 Å². The summed E-state index contributed by atoms with van der Waals surface area (Å²) in [5.74, 6) is -0.809. The summed E-state index contributed by atoms with van der Waals surface area (Å²) in [6, 6.07) is 8.06. The van der Waals surface area contributed by atoms with E-state index in [1.807, 2.05) is 46.4 Å². The van der Waals surface area contributed by atoms with Crippen molar-refractivity contribution in [3.8, 4) is 11.1 Å². The highest BCUT2D eigenvalue weighted by molar-refractivity contribution is 7.15. The van der Waals surface area contributed by atoms with Crippen LogP contribution in [0.5, 0.6) is 0 Å². The van der Waals surface area contributed by atoms with E-state index in [-0.39, 0.29) is 12.5 Å².